The first-order chi connectivity index (χ1) is 6.76. The van der Waals surface area contributed by atoms with E-state index in [1.807, 2.05) is 0 Å². The molecule has 76 valence electrons. The number of carbonyl (C=O) groups excluding carboxylic acids is 1. The van der Waals surface area contributed by atoms with Gasteiger partial charge in [0.05, 0.1) is 11.9 Å². The molecule has 0 fully saturated rings. The lowest BCUT2D eigenvalue weighted by molar-refractivity contribution is -0.121. The van der Waals surface area contributed by atoms with Crippen LogP contribution in [-0.2, 0) is 17.9 Å². The number of nitrogens with two attached hydrogens (primary N) is 1. The maximum absolute atomic E-state index is 11.2. The summed E-state index contributed by atoms with van der Waals surface area (Å²) in [4.78, 5) is 11.2. The van der Waals surface area contributed by atoms with Gasteiger partial charge in [0, 0.05) is 13.1 Å². The number of hydrogen-bond donors (Lipinski definition) is 2. The van der Waals surface area contributed by atoms with E-state index in [1.165, 1.54) is 4.68 Å². The van der Waals surface area contributed by atoms with E-state index in [4.69, 9.17) is 5.73 Å². The van der Waals surface area contributed by atoms with E-state index in [2.05, 4.69) is 22.2 Å². The first-order valence-corrected chi connectivity index (χ1v) is 4.23. The zero-order valence-electron chi connectivity index (χ0n) is 7.81. The van der Waals surface area contributed by atoms with Gasteiger partial charge in [-0.25, -0.2) is 4.68 Å². The Hall–Kier alpha value is -1.69. The standard InChI is InChI=1S/C8H13N5O/c1-2-3-10-8(14)6-13-5-7(4-9)11-12-13/h2,5H,1,3-4,6,9H2,(H,10,14). The summed E-state index contributed by atoms with van der Waals surface area (Å²) in [5.74, 6) is -0.127. The zero-order chi connectivity index (χ0) is 10.4. The lowest BCUT2D eigenvalue weighted by atomic mass is 10.5. The summed E-state index contributed by atoms with van der Waals surface area (Å²) in [6.07, 6.45) is 3.26. The van der Waals surface area contributed by atoms with Crippen LogP contribution in [0.4, 0.5) is 0 Å². The van der Waals surface area contributed by atoms with E-state index in [-0.39, 0.29) is 12.5 Å². The van der Waals surface area contributed by atoms with Gasteiger partial charge in [0.25, 0.3) is 0 Å². The maximum atomic E-state index is 11.2. The molecular weight excluding hydrogens is 182 g/mol. The Balaban J connectivity index is 2.43. The Kier molecular flexibility index (Phi) is 3.81. The minimum Gasteiger partial charge on any atom is -0.351 e. The fraction of sp³-hybridized carbons (Fsp3) is 0.375. The van der Waals surface area contributed by atoms with E-state index in [0.29, 0.717) is 18.8 Å². The van der Waals surface area contributed by atoms with Crippen LogP contribution in [-0.4, -0.2) is 27.4 Å². The van der Waals surface area contributed by atoms with Gasteiger partial charge in [-0.2, -0.15) is 0 Å². The average molecular weight is 195 g/mol. The van der Waals surface area contributed by atoms with Gasteiger partial charge < -0.3 is 11.1 Å². The van der Waals surface area contributed by atoms with Gasteiger partial charge in [0.1, 0.15) is 6.54 Å². The van der Waals surface area contributed by atoms with E-state index >= 15 is 0 Å². The Morgan fingerprint density at radius 3 is 3.14 bits per heavy atom. The third-order valence-electron chi connectivity index (χ3n) is 1.54. The first-order valence-electron chi connectivity index (χ1n) is 4.23. The van der Waals surface area contributed by atoms with Gasteiger partial charge in [-0.1, -0.05) is 11.3 Å². The summed E-state index contributed by atoms with van der Waals surface area (Å²) in [6.45, 7) is 4.43. The largest absolute Gasteiger partial charge is 0.351 e. The predicted octanol–water partition coefficient (Wildman–Crippen LogP) is -0.961. The van der Waals surface area contributed by atoms with E-state index in [1.54, 1.807) is 12.3 Å². The molecule has 6 heteroatoms. The van der Waals surface area contributed by atoms with Gasteiger partial charge >= 0.3 is 0 Å². The molecule has 0 saturated carbocycles. The highest BCUT2D eigenvalue weighted by Gasteiger charge is 2.03. The second kappa shape index (κ2) is 5.13. The molecule has 1 heterocycles. The van der Waals surface area contributed by atoms with Crippen LogP contribution in [0.3, 0.4) is 0 Å². The van der Waals surface area contributed by atoms with Crippen LogP contribution < -0.4 is 11.1 Å². The zero-order valence-corrected chi connectivity index (χ0v) is 7.81. The van der Waals surface area contributed by atoms with E-state index in [0.717, 1.165) is 0 Å². The third-order valence-corrected chi connectivity index (χ3v) is 1.54. The Bertz CT molecular complexity index is 319. The van der Waals surface area contributed by atoms with Crippen molar-refractivity contribution in [2.45, 2.75) is 13.1 Å². The SMILES string of the molecule is C=CCNC(=O)Cn1cc(CN)nn1. The molecule has 0 aliphatic rings. The van der Waals surface area contributed by atoms with Crippen molar-refractivity contribution in [3.05, 3.63) is 24.5 Å². The van der Waals surface area contributed by atoms with Gasteiger partial charge in [-0.3, -0.25) is 4.79 Å². The van der Waals surface area contributed by atoms with Crippen molar-refractivity contribution in [3.63, 3.8) is 0 Å². The monoisotopic (exact) mass is 195 g/mol. The summed E-state index contributed by atoms with van der Waals surface area (Å²) < 4.78 is 1.45. The number of carbonyl (C=O) groups is 1. The molecule has 6 nitrogen and oxygen atoms in total. The van der Waals surface area contributed by atoms with Crippen LogP contribution >= 0.6 is 0 Å². The summed E-state index contributed by atoms with van der Waals surface area (Å²) in [6, 6.07) is 0. The summed E-state index contributed by atoms with van der Waals surface area (Å²) in [5.41, 5.74) is 6.01. The molecule has 0 spiro atoms. The second-order valence-electron chi connectivity index (χ2n) is 2.70. The van der Waals surface area contributed by atoms with Gasteiger partial charge in [-0.05, 0) is 0 Å². The maximum Gasteiger partial charge on any atom is 0.242 e. The van der Waals surface area contributed by atoms with Crippen LogP contribution in [0, 0.1) is 0 Å². The predicted molar refractivity (Wildman–Crippen MR) is 51.1 cm³/mol. The van der Waals surface area contributed by atoms with E-state index < -0.39 is 0 Å². The van der Waals surface area contributed by atoms with E-state index in [9.17, 15) is 4.79 Å². The van der Waals surface area contributed by atoms with Crippen LogP contribution in [0.5, 0.6) is 0 Å². The fourth-order valence-electron chi connectivity index (χ4n) is 0.898. The summed E-state index contributed by atoms with van der Waals surface area (Å²) in [5, 5.41) is 10.1. The Labute approximate surface area is 81.8 Å². The topological polar surface area (TPSA) is 85.8 Å². The highest BCUT2D eigenvalue weighted by Crippen LogP contribution is 1.90. The van der Waals surface area contributed by atoms with Crippen molar-refractivity contribution in [2.24, 2.45) is 5.73 Å². The molecule has 1 aromatic heterocycles. The number of rotatable bonds is 5. The lowest BCUT2D eigenvalue weighted by Crippen LogP contribution is -2.27. The molecular formula is C8H13N5O. The fourth-order valence-corrected chi connectivity index (χ4v) is 0.898. The molecule has 1 aromatic rings. The first kappa shape index (κ1) is 10.4. The van der Waals surface area contributed by atoms with Crippen LogP contribution in [0.1, 0.15) is 5.69 Å². The normalized spacial score (nSPS) is 9.79. The van der Waals surface area contributed by atoms with Gasteiger partial charge in [0.2, 0.25) is 5.91 Å². The molecule has 1 rings (SSSR count). The third kappa shape index (κ3) is 2.98. The van der Waals surface area contributed by atoms with Crippen molar-refractivity contribution < 1.29 is 4.79 Å². The highest BCUT2D eigenvalue weighted by atomic mass is 16.2. The molecule has 0 atom stereocenters. The molecule has 0 bridgehead atoms. The summed E-state index contributed by atoms with van der Waals surface area (Å²) in [7, 11) is 0. The Morgan fingerprint density at radius 1 is 1.79 bits per heavy atom. The minimum absolute atomic E-state index is 0.127. The average Bonchev–Trinajstić information content (AvgIpc) is 2.62. The molecule has 1 amide bonds. The van der Waals surface area contributed by atoms with Gasteiger partial charge in [0.15, 0.2) is 0 Å². The molecule has 0 unspecified atom stereocenters. The summed E-state index contributed by atoms with van der Waals surface area (Å²) >= 11 is 0. The number of nitrogens with zero attached hydrogens (tertiary/aromatic N) is 3. The van der Waals surface area contributed by atoms with Crippen molar-refractivity contribution in [1.29, 1.82) is 0 Å². The Morgan fingerprint density at radius 2 is 2.57 bits per heavy atom. The van der Waals surface area contributed by atoms with Crippen molar-refractivity contribution in [3.8, 4) is 0 Å². The van der Waals surface area contributed by atoms with Crippen LogP contribution in [0.25, 0.3) is 0 Å². The minimum atomic E-state index is -0.127. The van der Waals surface area contributed by atoms with Crippen molar-refractivity contribution >= 4 is 5.91 Å². The molecule has 0 aliphatic carbocycles. The highest BCUT2D eigenvalue weighted by molar-refractivity contribution is 5.75. The molecule has 0 aliphatic heterocycles. The van der Waals surface area contributed by atoms with Gasteiger partial charge in [-0.15, -0.1) is 11.7 Å². The lowest BCUT2D eigenvalue weighted by Gasteiger charge is -2.00. The molecule has 0 aromatic carbocycles. The number of amides is 1. The number of hydrogen-bond acceptors (Lipinski definition) is 4. The van der Waals surface area contributed by atoms with Crippen molar-refractivity contribution in [2.75, 3.05) is 6.54 Å². The van der Waals surface area contributed by atoms with Crippen molar-refractivity contribution in [1.82, 2.24) is 20.3 Å². The number of aromatic nitrogens is 3. The smallest absolute Gasteiger partial charge is 0.242 e. The van der Waals surface area contributed by atoms with Crippen LogP contribution in [0.2, 0.25) is 0 Å². The molecule has 0 saturated heterocycles. The quantitative estimate of drug-likeness (QED) is 0.592. The molecule has 0 radical (unpaired) electrons. The second-order valence-corrected chi connectivity index (χ2v) is 2.70. The number of nitrogens with one attached hydrogen (secondary N) is 1. The molecule has 3 N–H and O–H groups in total. The molecule has 14 heavy (non-hydrogen) atoms. The van der Waals surface area contributed by atoms with Crippen LogP contribution in [0.15, 0.2) is 18.9 Å².